The highest BCUT2D eigenvalue weighted by atomic mass is 35.5. The Bertz CT molecular complexity index is 1000. The summed E-state index contributed by atoms with van der Waals surface area (Å²) in [6.07, 6.45) is -0.905. The largest absolute Gasteiger partial charge is 0.478 e. The van der Waals surface area contributed by atoms with Crippen LogP contribution in [0.25, 0.3) is 21.9 Å². The number of hydrogen-bond acceptors (Lipinski definition) is 4. The van der Waals surface area contributed by atoms with Gasteiger partial charge in [0.05, 0.1) is 15.8 Å². The molecule has 4 rings (SSSR count). The van der Waals surface area contributed by atoms with Crippen molar-refractivity contribution in [2.75, 3.05) is 0 Å². The fourth-order valence-corrected chi connectivity index (χ4v) is 3.04. The van der Waals surface area contributed by atoms with Gasteiger partial charge < -0.3 is 14.3 Å². The first-order valence-corrected chi connectivity index (χ1v) is 7.00. The van der Waals surface area contributed by atoms with Gasteiger partial charge in [0.1, 0.15) is 16.9 Å². The van der Waals surface area contributed by atoms with Crippen LogP contribution in [-0.2, 0) is 11.2 Å². The minimum absolute atomic E-state index is 0.114. The van der Waals surface area contributed by atoms with E-state index in [9.17, 15) is 9.59 Å². The molecule has 110 valence electrons. The topological polar surface area (TPSA) is 76.7 Å². The zero-order valence-corrected chi connectivity index (χ0v) is 11.9. The molecule has 22 heavy (non-hydrogen) atoms. The number of carboxylic acid groups (broad SMARTS) is 1. The van der Waals surface area contributed by atoms with E-state index in [1.54, 1.807) is 24.3 Å². The molecule has 1 atom stereocenters. The van der Waals surface area contributed by atoms with Gasteiger partial charge in [-0.05, 0) is 18.2 Å². The van der Waals surface area contributed by atoms with E-state index >= 15 is 0 Å². The number of carbonyl (C=O) groups is 1. The monoisotopic (exact) mass is 316 g/mol. The molecule has 0 saturated carbocycles. The van der Waals surface area contributed by atoms with E-state index in [0.717, 1.165) is 0 Å². The van der Waals surface area contributed by atoms with Gasteiger partial charge in [-0.25, -0.2) is 4.79 Å². The second kappa shape index (κ2) is 4.48. The molecule has 0 amide bonds. The number of halogens is 1. The molecule has 0 fully saturated rings. The van der Waals surface area contributed by atoms with Gasteiger partial charge in [-0.15, -0.1) is 0 Å². The summed E-state index contributed by atoms with van der Waals surface area (Å²) in [6.45, 7) is 0. The standard InChI is InChI=1S/C16H9ClO5/c17-10-5-8-13(18)7-3-1-2-4-11(7)21-14(8)9-6-12(16(19)20)22-15(9)10/h1-5,12H,6H2,(H,19,20). The van der Waals surface area contributed by atoms with E-state index < -0.39 is 12.1 Å². The minimum Gasteiger partial charge on any atom is -0.478 e. The molecule has 2 heterocycles. The molecule has 6 heteroatoms. The van der Waals surface area contributed by atoms with Gasteiger partial charge in [0, 0.05) is 12.0 Å². The number of para-hydroxylation sites is 1. The second-order valence-corrected chi connectivity index (χ2v) is 5.53. The molecule has 0 aliphatic carbocycles. The third-order valence-electron chi connectivity index (χ3n) is 3.79. The van der Waals surface area contributed by atoms with E-state index in [4.69, 9.17) is 25.9 Å². The summed E-state index contributed by atoms with van der Waals surface area (Å²) in [6, 6.07) is 8.37. The summed E-state index contributed by atoms with van der Waals surface area (Å²) in [5, 5.41) is 10.1. The van der Waals surface area contributed by atoms with Crippen molar-refractivity contribution in [2.45, 2.75) is 12.5 Å². The van der Waals surface area contributed by atoms with E-state index in [-0.39, 0.29) is 22.6 Å². The molecule has 0 saturated heterocycles. The number of aliphatic carboxylic acids is 1. The van der Waals surface area contributed by atoms with Crippen LogP contribution in [0.5, 0.6) is 5.75 Å². The Morgan fingerprint density at radius 1 is 1.27 bits per heavy atom. The molecule has 0 spiro atoms. The first-order valence-electron chi connectivity index (χ1n) is 6.62. The SMILES string of the molecule is O=C(O)C1Cc2c(c(Cl)cc3c(=O)c4ccccc4oc23)O1. The fraction of sp³-hybridized carbons (Fsp3) is 0.125. The third kappa shape index (κ3) is 1.72. The molecular weight excluding hydrogens is 308 g/mol. The van der Waals surface area contributed by atoms with Crippen LogP contribution in [-0.4, -0.2) is 17.2 Å². The molecular formula is C16H9ClO5. The molecule has 1 N–H and O–H groups in total. The molecule has 0 radical (unpaired) electrons. The Labute approximate surface area is 128 Å². The quantitative estimate of drug-likeness (QED) is 0.698. The number of benzene rings is 2. The van der Waals surface area contributed by atoms with Crippen molar-refractivity contribution in [1.29, 1.82) is 0 Å². The summed E-state index contributed by atoms with van der Waals surface area (Å²) in [4.78, 5) is 23.7. The molecule has 5 nitrogen and oxygen atoms in total. The fourth-order valence-electron chi connectivity index (χ4n) is 2.77. The molecule has 1 aliphatic rings. The van der Waals surface area contributed by atoms with Crippen molar-refractivity contribution in [3.63, 3.8) is 0 Å². The summed E-state index contributed by atoms with van der Waals surface area (Å²) < 4.78 is 11.2. The molecule has 1 unspecified atom stereocenters. The lowest BCUT2D eigenvalue weighted by Crippen LogP contribution is -2.24. The van der Waals surface area contributed by atoms with Gasteiger partial charge in [0.2, 0.25) is 5.43 Å². The summed E-state index contributed by atoms with van der Waals surface area (Å²) in [5.74, 6) is -0.802. The molecule has 1 aromatic heterocycles. The van der Waals surface area contributed by atoms with Gasteiger partial charge in [0.15, 0.2) is 6.10 Å². The van der Waals surface area contributed by atoms with Gasteiger partial charge in [0.25, 0.3) is 0 Å². The van der Waals surface area contributed by atoms with Crippen LogP contribution in [0.15, 0.2) is 39.5 Å². The highest BCUT2D eigenvalue weighted by Gasteiger charge is 2.33. The average molecular weight is 317 g/mol. The van der Waals surface area contributed by atoms with Crippen molar-refractivity contribution < 1.29 is 19.1 Å². The summed E-state index contributed by atoms with van der Waals surface area (Å²) >= 11 is 6.14. The zero-order chi connectivity index (χ0) is 15.4. The summed E-state index contributed by atoms with van der Waals surface area (Å²) in [5.41, 5.74) is 1.12. The van der Waals surface area contributed by atoms with E-state index in [1.165, 1.54) is 6.07 Å². The Morgan fingerprint density at radius 2 is 2.05 bits per heavy atom. The van der Waals surface area contributed by atoms with Crippen molar-refractivity contribution in [1.82, 2.24) is 0 Å². The third-order valence-corrected chi connectivity index (χ3v) is 4.07. The number of carboxylic acids is 1. The van der Waals surface area contributed by atoms with Crippen molar-refractivity contribution >= 4 is 39.5 Å². The minimum atomic E-state index is -1.08. The Balaban J connectivity index is 2.11. The molecule has 3 aromatic rings. The smallest absolute Gasteiger partial charge is 0.345 e. The normalized spacial score (nSPS) is 16.7. The van der Waals surface area contributed by atoms with Crippen LogP contribution in [0.2, 0.25) is 5.02 Å². The first-order chi connectivity index (χ1) is 10.6. The number of rotatable bonds is 1. The van der Waals surface area contributed by atoms with Crippen LogP contribution >= 0.6 is 11.6 Å². The van der Waals surface area contributed by atoms with E-state index in [2.05, 4.69) is 0 Å². The number of hydrogen-bond donors (Lipinski definition) is 1. The predicted octanol–water partition coefficient (Wildman–Crippen LogP) is 2.99. The van der Waals surface area contributed by atoms with Gasteiger partial charge in [-0.2, -0.15) is 0 Å². The van der Waals surface area contributed by atoms with Gasteiger partial charge >= 0.3 is 5.97 Å². The van der Waals surface area contributed by atoms with Crippen LogP contribution < -0.4 is 10.2 Å². The lowest BCUT2D eigenvalue weighted by Gasteiger charge is -2.07. The highest BCUT2D eigenvalue weighted by molar-refractivity contribution is 6.33. The van der Waals surface area contributed by atoms with Crippen LogP contribution in [0, 0.1) is 0 Å². The number of fused-ring (bicyclic) bond motifs is 4. The second-order valence-electron chi connectivity index (χ2n) is 5.12. The Morgan fingerprint density at radius 3 is 2.82 bits per heavy atom. The molecule has 0 bridgehead atoms. The van der Waals surface area contributed by atoms with Crippen molar-refractivity contribution in [3.8, 4) is 5.75 Å². The first kappa shape index (κ1) is 13.2. The Kier molecular flexibility index (Phi) is 2.68. The summed E-state index contributed by atoms with van der Waals surface area (Å²) in [7, 11) is 0. The Hall–Kier alpha value is -2.53. The molecule has 1 aliphatic heterocycles. The van der Waals surface area contributed by atoms with Crippen LogP contribution in [0.1, 0.15) is 5.56 Å². The van der Waals surface area contributed by atoms with Crippen LogP contribution in [0.4, 0.5) is 0 Å². The van der Waals surface area contributed by atoms with Gasteiger partial charge in [-0.1, -0.05) is 23.7 Å². The highest BCUT2D eigenvalue weighted by Crippen LogP contribution is 2.41. The van der Waals surface area contributed by atoms with E-state index in [0.29, 0.717) is 27.5 Å². The number of ether oxygens (including phenoxy) is 1. The molecule has 2 aromatic carbocycles. The zero-order valence-electron chi connectivity index (χ0n) is 11.1. The van der Waals surface area contributed by atoms with Crippen molar-refractivity contribution in [3.05, 3.63) is 51.1 Å². The van der Waals surface area contributed by atoms with E-state index in [1.807, 2.05) is 0 Å². The predicted molar refractivity (Wildman–Crippen MR) is 80.8 cm³/mol. The maximum atomic E-state index is 12.6. The average Bonchev–Trinajstić information content (AvgIpc) is 2.95. The van der Waals surface area contributed by atoms with Gasteiger partial charge in [-0.3, -0.25) is 4.79 Å². The lowest BCUT2D eigenvalue weighted by atomic mass is 10.0. The maximum absolute atomic E-state index is 12.6. The van der Waals surface area contributed by atoms with Crippen LogP contribution in [0.3, 0.4) is 0 Å². The lowest BCUT2D eigenvalue weighted by molar-refractivity contribution is -0.144. The maximum Gasteiger partial charge on any atom is 0.345 e. The van der Waals surface area contributed by atoms with Crippen molar-refractivity contribution in [2.24, 2.45) is 0 Å².